The molecule has 11 nitrogen and oxygen atoms in total. The van der Waals surface area contributed by atoms with Crippen LogP contribution < -0.4 is 16.0 Å². The Balaban J connectivity index is 1.22. The molecule has 0 saturated heterocycles. The van der Waals surface area contributed by atoms with Crippen molar-refractivity contribution in [3.63, 3.8) is 0 Å². The lowest BCUT2D eigenvalue weighted by molar-refractivity contribution is -0.116. The fraction of sp³-hybridized carbons (Fsp3) is 0.303. The second-order valence-electron chi connectivity index (χ2n) is 11.6. The van der Waals surface area contributed by atoms with Gasteiger partial charge >= 0.3 is 0 Å². The normalized spacial score (nSPS) is 13.8. The third-order valence-electron chi connectivity index (χ3n) is 7.85. The van der Waals surface area contributed by atoms with Crippen molar-refractivity contribution in [3.8, 4) is 11.1 Å². The molecule has 1 aliphatic heterocycles. The molecule has 1 atom stereocenters. The lowest BCUT2D eigenvalue weighted by Gasteiger charge is -2.27. The summed E-state index contributed by atoms with van der Waals surface area (Å²) in [6.07, 6.45) is 2.01. The van der Waals surface area contributed by atoms with Crippen LogP contribution in [0.15, 0.2) is 48.7 Å². The highest BCUT2D eigenvalue weighted by Gasteiger charge is 2.26. The third kappa shape index (κ3) is 7.18. The Morgan fingerprint density at radius 1 is 1.06 bits per heavy atom. The largest absolute Gasteiger partial charge is 0.392 e. The molecule has 2 aromatic carbocycles. The van der Waals surface area contributed by atoms with Crippen LogP contribution in [0, 0.1) is 0 Å². The standard InChI is InChI=1S/C33H34Cl2N8O3S/c1-18(44)14-36-15-27-41-30-26(47-27)10-12-37-31(30)38-22-8-4-6-20(28(22)34)21-7-5-9-23(29(21)35)40-33(46)32-39-24-17-43(16-19(2)45)13-11-25(24)42(32)3/h4-10,12,19,36,45H,11,13-17H2,1-3H3,(H,37,38)(H,40,46). The van der Waals surface area contributed by atoms with Crippen LogP contribution in [0.5, 0.6) is 0 Å². The number of nitrogens with one attached hydrogen (secondary N) is 3. The number of β-amino-alcohol motifs (C(OH)–C–C–N with tert-alkyl or cyclic N) is 1. The summed E-state index contributed by atoms with van der Waals surface area (Å²) >= 11 is 15.4. The zero-order chi connectivity index (χ0) is 33.2. The van der Waals surface area contributed by atoms with Gasteiger partial charge in [0.1, 0.15) is 16.3 Å². The maximum atomic E-state index is 13.5. The van der Waals surface area contributed by atoms with Gasteiger partial charge in [-0.2, -0.15) is 0 Å². The van der Waals surface area contributed by atoms with Gasteiger partial charge in [-0.1, -0.05) is 47.5 Å². The number of rotatable bonds is 11. The van der Waals surface area contributed by atoms with Gasteiger partial charge in [0.2, 0.25) is 0 Å². The number of pyridine rings is 1. The van der Waals surface area contributed by atoms with Crippen molar-refractivity contribution >= 4 is 73.6 Å². The molecule has 1 aliphatic rings. The Hall–Kier alpha value is -3.91. The SMILES string of the molecule is CC(=O)CNCc1nc2c(Nc3cccc(-c4cccc(NC(=O)c5nc6c(n5C)CCN(CC(C)O)C6)c4Cl)c3Cl)nccc2s1. The Bertz CT molecular complexity index is 1980. The number of thiazole rings is 1. The van der Waals surface area contributed by atoms with Gasteiger partial charge in [0.05, 0.1) is 44.5 Å². The van der Waals surface area contributed by atoms with Crippen LogP contribution in [0.25, 0.3) is 21.3 Å². The molecule has 3 aromatic heterocycles. The van der Waals surface area contributed by atoms with Crippen LogP contribution in [0.3, 0.4) is 0 Å². The molecule has 244 valence electrons. The number of Topliss-reactive ketones (excluding diaryl/α,β-unsaturated/α-hetero) is 1. The van der Waals surface area contributed by atoms with Crippen LogP contribution >= 0.6 is 34.5 Å². The molecule has 0 bridgehead atoms. The van der Waals surface area contributed by atoms with Crippen LogP contribution in [0.2, 0.25) is 10.0 Å². The van der Waals surface area contributed by atoms with E-state index in [4.69, 9.17) is 28.2 Å². The Morgan fingerprint density at radius 3 is 2.51 bits per heavy atom. The van der Waals surface area contributed by atoms with Gasteiger partial charge in [0.15, 0.2) is 11.6 Å². The Labute approximate surface area is 286 Å². The average Bonchev–Trinajstić information content (AvgIpc) is 3.60. The average molecular weight is 694 g/mol. The van der Waals surface area contributed by atoms with E-state index in [0.29, 0.717) is 69.3 Å². The molecule has 0 aliphatic carbocycles. The zero-order valence-corrected chi connectivity index (χ0v) is 28.4. The van der Waals surface area contributed by atoms with Crippen molar-refractivity contribution in [1.29, 1.82) is 0 Å². The van der Waals surface area contributed by atoms with E-state index in [-0.39, 0.29) is 18.2 Å². The summed E-state index contributed by atoms with van der Waals surface area (Å²) in [6.45, 7) is 5.98. The van der Waals surface area contributed by atoms with Crippen LogP contribution in [0.4, 0.5) is 17.2 Å². The van der Waals surface area contributed by atoms with E-state index >= 15 is 0 Å². The minimum Gasteiger partial charge on any atom is -0.392 e. The summed E-state index contributed by atoms with van der Waals surface area (Å²) in [5.41, 5.74) is 4.91. The zero-order valence-electron chi connectivity index (χ0n) is 26.1. The molecule has 4 heterocycles. The van der Waals surface area contributed by atoms with Gasteiger partial charge in [-0.25, -0.2) is 15.0 Å². The molecule has 0 saturated carbocycles. The van der Waals surface area contributed by atoms with E-state index in [9.17, 15) is 14.7 Å². The quantitative estimate of drug-likeness (QED) is 0.135. The number of ketones is 1. The fourth-order valence-corrected chi connectivity index (χ4v) is 7.19. The van der Waals surface area contributed by atoms with Gasteiger partial charge in [-0.3, -0.25) is 14.5 Å². The monoisotopic (exact) mass is 692 g/mol. The molecular formula is C33H34Cl2N8O3S. The van der Waals surface area contributed by atoms with E-state index in [1.54, 1.807) is 19.2 Å². The Morgan fingerprint density at radius 2 is 1.79 bits per heavy atom. The molecule has 0 radical (unpaired) electrons. The summed E-state index contributed by atoms with van der Waals surface area (Å²) in [4.78, 5) is 40.8. The first-order chi connectivity index (χ1) is 22.6. The van der Waals surface area contributed by atoms with E-state index in [2.05, 4.69) is 30.8 Å². The number of halogens is 2. The van der Waals surface area contributed by atoms with E-state index in [1.165, 1.54) is 18.3 Å². The number of hydrogen-bond donors (Lipinski definition) is 4. The van der Waals surface area contributed by atoms with Crippen LogP contribution in [-0.2, 0) is 31.4 Å². The molecule has 6 rings (SSSR count). The number of benzene rings is 2. The summed E-state index contributed by atoms with van der Waals surface area (Å²) in [7, 11) is 1.84. The smallest absolute Gasteiger partial charge is 0.291 e. The van der Waals surface area contributed by atoms with Crippen LogP contribution in [-0.4, -0.2) is 67.0 Å². The van der Waals surface area contributed by atoms with E-state index in [0.717, 1.165) is 34.1 Å². The first kappa shape index (κ1) is 33.0. The van der Waals surface area contributed by atoms with Crippen molar-refractivity contribution < 1.29 is 14.7 Å². The minimum absolute atomic E-state index is 0.0611. The molecule has 14 heteroatoms. The summed E-state index contributed by atoms with van der Waals surface area (Å²) < 4.78 is 2.78. The first-order valence-corrected chi connectivity index (χ1v) is 16.7. The number of aliphatic hydroxyl groups excluding tert-OH is 1. The summed E-state index contributed by atoms with van der Waals surface area (Å²) in [5.74, 6) is 0.532. The molecule has 4 N–H and O–H groups in total. The number of hydrogen-bond acceptors (Lipinski definition) is 10. The number of amides is 1. The number of carbonyl (C=O) groups excluding carboxylic acids is 2. The van der Waals surface area contributed by atoms with Crippen molar-refractivity contribution in [3.05, 3.63) is 80.9 Å². The van der Waals surface area contributed by atoms with Gasteiger partial charge < -0.3 is 25.6 Å². The van der Waals surface area contributed by atoms with E-state index < -0.39 is 6.10 Å². The van der Waals surface area contributed by atoms with Crippen LogP contribution in [0.1, 0.15) is 40.9 Å². The van der Waals surface area contributed by atoms with Crippen molar-refractivity contribution in [2.45, 2.75) is 39.5 Å². The molecule has 1 amide bonds. The third-order valence-corrected chi connectivity index (χ3v) is 9.69. The van der Waals surface area contributed by atoms with E-state index in [1.807, 2.05) is 48.0 Å². The van der Waals surface area contributed by atoms with Gasteiger partial charge in [-0.15, -0.1) is 11.3 Å². The predicted molar refractivity (Wildman–Crippen MR) is 187 cm³/mol. The topological polar surface area (TPSA) is 137 Å². The van der Waals surface area contributed by atoms with Gasteiger partial charge in [0, 0.05) is 62.7 Å². The molecule has 0 spiro atoms. The van der Waals surface area contributed by atoms with Crippen molar-refractivity contribution in [2.75, 3.05) is 30.3 Å². The predicted octanol–water partition coefficient (Wildman–Crippen LogP) is 5.81. The highest BCUT2D eigenvalue weighted by molar-refractivity contribution is 7.18. The molecule has 5 aromatic rings. The molecular weight excluding hydrogens is 659 g/mol. The lowest BCUT2D eigenvalue weighted by atomic mass is 10.0. The highest BCUT2D eigenvalue weighted by atomic mass is 35.5. The fourth-order valence-electron chi connectivity index (χ4n) is 5.71. The number of carbonyl (C=O) groups is 2. The molecule has 47 heavy (non-hydrogen) atoms. The minimum atomic E-state index is -0.438. The first-order valence-electron chi connectivity index (χ1n) is 15.1. The number of nitrogens with zero attached hydrogens (tertiary/aromatic N) is 5. The van der Waals surface area contributed by atoms with Gasteiger partial charge in [-0.05, 0) is 32.0 Å². The number of fused-ring (bicyclic) bond motifs is 2. The summed E-state index contributed by atoms with van der Waals surface area (Å²) in [5, 5.41) is 20.8. The number of aromatic nitrogens is 4. The maximum absolute atomic E-state index is 13.5. The number of anilines is 3. The number of imidazole rings is 1. The lowest BCUT2D eigenvalue weighted by Crippen LogP contribution is -2.36. The second kappa shape index (κ2) is 14.1. The van der Waals surface area contributed by atoms with Crippen molar-refractivity contribution in [1.82, 2.24) is 29.7 Å². The van der Waals surface area contributed by atoms with Gasteiger partial charge in [0.25, 0.3) is 5.91 Å². The maximum Gasteiger partial charge on any atom is 0.291 e. The highest BCUT2D eigenvalue weighted by Crippen LogP contribution is 2.41. The summed E-state index contributed by atoms with van der Waals surface area (Å²) in [6, 6.07) is 12.9. The molecule has 1 unspecified atom stereocenters. The second-order valence-corrected chi connectivity index (χ2v) is 13.4. The Kier molecular flexibility index (Phi) is 9.88. The molecule has 0 fully saturated rings. The van der Waals surface area contributed by atoms with Crippen molar-refractivity contribution in [2.24, 2.45) is 7.05 Å². The number of aliphatic hydroxyl groups is 1.